The minimum absolute atomic E-state index is 0.631. The first-order valence-corrected chi connectivity index (χ1v) is 8.69. The Morgan fingerprint density at radius 3 is 2.62 bits per heavy atom. The molecule has 0 aromatic carbocycles. The second-order valence-electron chi connectivity index (χ2n) is 6.45. The molecule has 1 fully saturated rings. The number of hydrogen-bond acceptors (Lipinski definition) is 4. The topological polar surface area (TPSA) is 45.1 Å². The van der Waals surface area contributed by atoms with Crippen LogP contribution in [0.2, 0.25) is 0 Å². The van der Waals surface area contributed by atoms with Crippen molar-refractivity contribution >= 4 is 11.3 Å². The van der Waals surface area contributed by atoms with Crippen molar-refractivity contribution < 1.29 is 0 Å². The molecule has 24 heavy (non-hydrogen) atoms. The lowest BCUT2D eigenvalue weighted by molar-refractivity contribution is 0.291. The van der Waals surface area contributed by atoms with Crippen LogP contribution in [0.3, 0.4) is 0 Å². The quantitative estimate of drug-likeness (QED) is 0.717. The Morgan fingerprint density at radius 2 is 2.08 bits per heavy atom. The maximum Gasteiger partial charge on any atom is 0.117 e. The van der Waals surface area contributed by atoms with E-state index < -0.39 is 0 Å². The summed E-state index contributed by atoms with van der Waals surface area (Å²) in [6.45, 7) is 10.9. The Bertz CT molecular complexity index is 620. The predicted molar refractivity (Wildman–Crippen MR) is 103 cm³/mol. The maximum atomic E-state index is 4.77. The molecule has 0 bridgehead atoms. The van der Waals surface area contributed by atoms with Gasteiger partial charge in [-0.25, -0.2) is 0 Å². The summed E-state index contributed by atoms with van der Waals surface area (Å²) < 4.78 is 1.96. The van der Waals surface area contributed by atoms with E-state index >= 15 is 0 Å². The largest absolute Gasteiger partial charge is 0.391 e. The monoisotopic (exact) mass is 329 g/mol. The van der Waals surface area contributed by atoms with Crippen LogP contribution in [-0.4, -0.2) is 41.9 Å². The zero-order valence-electron chi connectivity index (χ0n) is 15.5. The SMILES string of the molecule is C=C/C(=C(\C)NC)c1nn(CC(=C)N(C)C2CCCC2)cc1NC. The number of nitrogens with one attached hydrogen (secondary N) is 2. The van der Waals surface area contributed by atoms with Crippen molar-refractivity contribution in [1.82, 2.24) is 20.0 Å². The Morgan fingerprint density at radius 1 is 1.42 bits per heavy atom. The summed E-state index contributed by atoms with van der Waals surface area (Å²) in [4.78, 5) is 2.33. The molecule has 1 aliphatic carbocycles. The van der Waals surface area contributed by atoms with Gasteiger partial charge in [-0.2, -0.15) is 5.10 Å². The smallest absolute Gasteiger partial charge is 0.117 e. The zero-order chi connectivity index (χ0) is 17.7. The van der Waals surface area contributed by atoms with E-state index in [0.29, 0.717) is 12.6 Å². The van der Waals surface area contributed by atoms with Gasteiger partial charge in [-0.05, 0) is 19.8 Å². The molecule has 1 aliphatic rings. The predicted octanol–water partition coefficient (Wildman–Crippen LogP) is 3.45. The van der Waals surface area contributed by atoms with Gasteiger partial charge in [-0.15, -0.1) is 0 Å². The van der Waals surface area contributed by atoms with Gasteiger partial charge in [0.25, 0.3) is 0 Å². The second kappa shape index (κ2) is 8.08. The van der Waals surface area contributed by atoms with Gasteiger partial charge in [0.1, 0.15) is 5.69 Å². The molecule has 1 aromatic heterocycles. The van der Waals surface area contributed by atoms with Crippen LogP contribution >= 0.6 is 0 Å². The van der Waals surface area contributed by atoms with Crippen LogP contribution in [0.25, 0.3) is 5.57 Å². The maximum absolute atomic E-state index is 4.77. The normalized spacial score (nSPS) is 15.8. The minimum atomic E-state index is 0.631. The average Bonchev–Trinajstić information content (AvgIpc) is 3.24. The summed E-state index contributed by atoms with van der Waals surface area (Å²) in [6.07, 6.45) is 9.08. The number of nitrogens with zero attached hydrogens (tertiary/aromatic N) is 3. The summed E-state index contributed by atoms with van der Waals surface area (Å²) in [5.74, 6) is 0. The first kappa shape index (κ1) is 18.2. The van der Waals surface area contributed by atoms with Crippen LogP contribution in [0.5, 0.6) is 0 Å². The van der Waals surface area contributed by atoms with Crippen molar-refractivity contribution in [3.05, 3.63) is 42.5 Å². The van der Waals surface area contributed by atoms with Crippen molar-refractivity contribution in [2.24, 2.45) is 0 Å². The summed E-state index contributed by atoms with van der Waals surface area (Å²) in [7, 11) is 5.98. The van der Waals surface area contributed by atoms with Crippen molar-refractivity contribution in [2.75, 3.05) is 26.5 Å². The zero-order valence-corrected chi connectivity index (χ0v) is 15.5. The molecule has 0 radical (unpaired) electrons. The van der Waals surface area contributed by atoms with E-state index in [0.717, 1.165) is 28.3 Å². The van der Waals surface area contributed by atoms with E-state index in [2.05, 4.69) is 35.7 Å². The Kier molecular flexibility index (Phi) is 6.12. The van der Waals surface area contributed by atoms with Crippen LogP contribution < -0.4 is 10.6 Å². The van der Waals surface area contributed by atoms with Crippen LogP contribution in [-0.2, 0) is 6.54 Å². The number of likely N-dealkylation sites (N-methyl/N-ethyl adjacent to an activating group) is 1. The molecule has 132 valence electrons. The lowest BCUT2D eigenvalue weighted by atomic mass is 10.1. The van der Waals surface area contributed by atoms with Crippen molar-refractivity contribution in [3.8, 4) is 0 Å². The van der Waals surface area contributed by atoms with Crippen molar-refractivity contribution in [1.29, 1.82) is 0 Å². The number of rotatable bonds is 8. The third-order valence-corrected chi connectivity index (χ3v) is 4.99. The molecule has 5 heteroatoms. The van der Waals surface area contributed by atoms with Gasteiger partial charge in [-0.1, -0.05) is 32.1 Å². The fourth-order valence-corrected chi connectivity index (χ4v) is 3.29. The molecular weight excluding hydrogens is 298 g/mol. The number of aromatic nitrogens is 2. The third-order valence-electron chi connectivity index (χ3n) is 4.99. The highest BCUT2D eigenvalue weighted by molar-refractivity contribution is 5.80. The molecule has 0 aliphatic heterocycles. The van der Waals surface area contributed by atoms with Gasteiger partial charge < -0.3 is 15.5 Å². The molecule has 0 saturated heterocycles. The van der Waals surface area contributed by atoms with Crippen molar-refractivity contribution in [2.45, 2.75) is 45.2 Å². The first-order chi connectivity index (χ1) is 11.5. The fourth-order valence-electron chi connectivity index (χ4n) is 3.29. The molecular formula is C19H31N5. The van der Waals surface area contributed by atoms with Gasteiger partial charge >= 0.3 is 0 Å². The lowest BCUT2D eigenvalue weighted by Crippen LogP contribution is -2.30. The average molecular weight is 329 g/mol. The number of hydrogen-bond donors (Lipinski definition) is 2. The van der Waals surface area contributed by atoms with Gasteiger partial charge in [0.15, 0.2) is 0 Å². The Hall–Kier alpha value is -2.17. The van der Waals surface area contributed by atoms with Gasteiger partial charge in [0.2, 0.25) is 0 Å². The number of allylic oxidation sites excluding steroid dienone is 4. The molecule has 1 saturated carbocycles. The van der Waals surface area contributed by atoms with Gasteiger partial charge in [0, 0.05) is 50.3 Å². The molecule has 0 unspecified atom stereocenters. The van der Waals surface area contributed by atoms with Crippen LogP contribution in [0.4, 0.5) is 5.69 Å². The van der Waals surface area contributed by atoms with E-state index in [1.165, 1.54) is 25.7 Å². The van der Waals surface area contributed by atoms with Crippen LogP contribution in [0, 0.1) is 0 Å². The van der Waals surface area contributed by atoms with E-state index in [4.69, 9.17) is 5.10 Å². The highest BCUT2D eigenvalue weighted by atomic mass is 15.3. The fraction of sp³-hybridized carbons (Fsp3) is 0.526. The van der Waals surface area contributed by atoms with Gasteiger partial charge in [0.05, 0.1) is 12.2 Å². The third kappa shape index (κ3) is 3.83. The summed E-state index contributed by atoms with van der Waals surface area (Å²) in [5.41, 5.74) is 5.07. The standard InChI is InChI=1S/C19H31N5/c1-7-17(15(3)20-4)19-18(21-5)13-24(22-19)12-14(2)23(6)16-10-8-9-11-16/h7,13,16,20-21H,1-2,8-12H2,3-6H3/b17-15-. The van der Waals surface area contributed by atoms with E-state index in [1.54, 1.807) is 0 Å². The molecule has 0 atom stereocenters. The molecule has 5 nitrogen and oxygen atoms in total. The van der Waals surface area contributed by atoms with E-state index in [9.17, 15) is 0 Å². The summed E-state index contributed by atoms with van der Waals surface area (Å²) in [5, 5.41) is 11.2. The minimum Gasteiger partial charge on any atom is -0.391 e. The summed E-state index contributed by atoms with van der Waals surface area (Å²) in [6, 6.07) is 0.631. The van der Waals surface area contributed by atoms with E-state index in [-0.39, 0.29) is 0 Å². The van der Waals surface area contributed by atoms with Crippen molar-refractivity contribution in [3.63, 3.8) is 0 Å². The second-order valence-corrected chi connectivity index (χ2v) is 6.45. The lowest BCUT2D eigenvalue weighted by Gasteiger charge is -2.28. The molecule has 1 heterocycles. The van der Waals surface area contributed by atoms with Crippen LogP contribution in [0.15, 0.2) is 36.8 Å². The molecule has 0 spiro atoms. The molecule has 2 N–H and O–H groups in total. The summed E-state index contributed by atoms with van der Waals surface area (Å²) >= 11 is 0. The first-order valence-electron chi connectivity index (χ1n) is 8.69. The highest BCUT2D eigenvalue weighted by Gasteiger charge is 2.21. The van der Waals surface area contributed by atoms with Gasteiger partial charge in [-0.3, -0.25) is 4.68 Å². The Balaban J connectivity index is 2.20. The molecule has 2 rings (SSSR count). The van der Waals surface area contributed by atoms with Crippen LogP contribution in [0.1, 0.15) is 38.3 Å². The molecule has 1 aromatic rings. The number of anilines is 1. The Labute approximate surface area is 146 Å². The molecule has 0 amide bonds. The van der Waals surface area contributed by atoms with E-state index in [1.807, 2.05) is 38.0 Å². The highest BCUT2D eigenvalue weighted by Crippen LogP contribution is 2.27.